The number of nitrogens with two attached hydrogens (primary N) is 1. The second kappa shape index (κ2) is 5.98. The summed E-state index contributed by atoms with van der Waals surface area (Å²) in [5.74, 6) is 1.51. The van der Waals surface area contributed by atoms with Gasteiger partial charge in [0.2, 0.25) is 0 Å². The first-order valence-corrected chi connectivity index (χ1v) is 7.93. The second-order valence-electron chi connectivity index (χ2n) is 5.25. The summed E-state index contributed by atoms with van der Waals surface area (Å²) < 4.78 is 12.8. The van der Waals surface area contributed by atoms with Crippen molar-refractivity contribution in [3.8, 4) is 22.8 Å². The Hall–Kier alpha value is -2.05. The molecular weight excluding hydrogens is 298 g/mol. The van der Waals surface area contributed by atoms with Crippen molar-refractivity contribution in [2.24, 2.45) is 5.73 Å². The van der Waals surface area contributed by atoms with Gasteiger partial charge in [0.05, 0.1) is 19.9 Å². The quantitative estimate of drug-likeness (QED) is 0.786. The van der Waals surface area contributed by atoms with Gasteiger partial charge in [0.25, 0.3) is 0 Å². The molecule has 1 unspecified atom stereocenters. The van der Waals surface area contributed by atoms with Crippen molar-refractivity contribution in [2.45, 2.75) is 19.4 Å². The molecule has 0 saturated heterocycles. The van der Waals surface area contributed by atoms with Crippen LogP contribution >= 0.6 is 11.3 Å². The highest BCUT2D eigenvalue weighted by molar-refractivity contribution is 7.15. The van der Waals surface area contributed by atoms with Crippen LogP contribution in [0.4, 0.5) is 0 Å². The number of nitrogens with zero attached hydrogens (tertiary/aromatic N) is 2. The number of rotatable bonds is 5. The van der Waals surface area contributed by atoms with Crippen molar-refractivity contribution in [3.63, 3.8) is 0 Å². The molecule has 2 N–H and O–H groups in total. The van der Waals surface area contributed by atoms with Crippen LogP contribution in [0.5, 0.6) is 11.5 Å². The molecule has 2 aromatic heterocycles. The third kappa shape index (κ3) is 2.67. The monoisotopic (exact) mass is 317 g/mol. The maximum absolute atomic E-state index is 5.91. The molecule has 1 atom stereocenters. The van der Waals surface area contributed by atoms with Gasteiger partial charge in [-0.05, 0) is 19.1 Å². The van der Waals surface area contributed by atoms with E-state index in [2.05, 4.69) is 9.78 Å². The number of fused-ring (bicyclic) bond motifs is 1. The highest BCUT2D eigenvalue weighted by Gasteiger charge is 2.14. The van der Waals surface area contributed by atoms with Crippen LogP contribution in [0.2, 0.25) is 0 Å². The average molecular weight is 317 g/mol. The Balaban J connectivity index is 2.05. The SMILES string of the molecule is COc1ccc(-c2cn3c(CC(C)N)csc3n2)c(OC)c1. The van der Waals surface area contributed by atoms with Gasteiger partial charge in [-0.25, -0.2) is 4.98 Å². The zero-order valence-electron chi connectivity index (χ0n) is 12.9. The van der Waals surface area contributed by atoms with E-state index in [-0.39, 0.29) is 6.04 Å². The smallest absolute Gasteiger partial charge is 0.194 e. The number of methoxy groups -OCH3 is 2. The lowest BCUT2D eigenvalue weighted by Crippen LogP contribution is -2.18. The van der Waals surface area contributed by atoms with Crippen LogP contribution < -0.4 is 15.2 Å². The zero-order chi connectivity index (χ0) is 15.7. The molecule has 3 aromatic rings. The van der Waals surface area contributed by atoms with E-state index in [0.29, 0.717) is 0 Å². The van der Waals surface area contributed by atoms with Gasteiger partial charge in [0.15, 0.2) is 4.96 Å². The number of aromatic nitrogens is 2. The van der Waals surface area contributed by atoms with Gasteiger partial charge in [-0.2, -0.15) is 0 Å². The second-order valence-corrected chi connectivity index (χ2v) is 6.09. The number of benzene rings is 1. The summed E-state index contributed by atoms with van der Waals surface area (Å²) in [5, 5.41) is 2.11. The third-order valence-electron chi connectivity index (χ3n) is 3.50. The van der Waals surface area contributed by atoms with Gasteiger partial charge in [-0.15, -0.1) is 11.3 Å². The van der Waals surface area contributed by atoms with Crippen molar-refractivity contribution in [1.29, 1.82) is 0 Å². The summed E-state index contributed by atoms with van der Waals surface area (Å²) in [6.45, 7) is 2.01. The van der Waals surface area contributed by atoms with E-state index in [1.165, 1.54) is 5.69 Å². The van der Waals surface area contributed by atoms with Gasteiger partial charge in [0.1, 0.15) is 11.5 Å². The molecular formula is C16H19N3O2S. The van der Waals surface area contributed by atoms with Gasteiger partial charge < -0.3 is 15.2 Å². The first kappa shape index (κ1) is 14.9. The Morgan fingerprint density at radius 3 is 2.82 bits per heavy atom. The van der Waals surface area contributed by atoms with Crippen LogP contribution in [-0.2, 0) is 6.42 Å². The molecule has 5 nitrogen and oxygen atoms in total. The molecule has 0 fully saturated rings. The molecule has 1 aromatic carbocycles. The average Bonchev–Trinajstić information content (AvgIpc) is 3.08. The van der Waals surface area contributed by atoms with Crippen molar-refractivity contribution < 1.29 is 9.47 Å². The Labute approximate surface area is 133 Å². The fourth-order valence-electron chi connectivity index (χ4n) is 2.45. The molecule has 6 heteroatoms. The molecule has 22 heavy (non-hydrogen) atoms. The van der Waals surface area contributed by atoms with E-state index >= 15 is 0 Å². The molecule has 116 valence electrons. The molecule has 0 radical (unpaired) electrons. The van der Waals surface area contributed by atoms with E-state index in [1.54, 1.807) is 25.6 Å². The molecule has 0 bridgehead atoms. The fourth-order valence-corrected chi connectivity index (χ4v) is 3.33. The van der Waals surface area contributed by atoms with Crippen LogP contribution in [0.1, 0.15) is 12.6 Å². The predicted octanol–water partition coefficient (Wildman–Crippen LogP) is 2.97. The first-order valence-electron chi connectivity index (χ1n) is 7.06. The van der Waals surface area contributed by atoms with Crippen molar-refractivity contribution in [3.05, 3.63) is 35.5 Å². The van der Waals surface area contributed by atoms with Crippen LogP contribution in [0.3, 0.4) is 0 Å². The molecule has 0 amide bonds. The van der Waals surface area contributed by atoms with Crippen molar-refractivity contribution in [1.82, 2.24) is 9.38 Å². The molecule has 0 spiro atoms. The van der Waals surface area contributed by atoms with Gasteiger partial charge in [-0.3, -0.25) is 4.40 Å². The minimum atomic E-state index is 0.124. The van der Waals surface area contributed by atoms with Gasteiger partial charge >= 0.3 is 0 Å². The summed E-state index contributed by atoms with van der Waals surface area (Å²) in [6.07, 6.45) is 2.86. The lowest BCUT2D eigenvalue weighted by molar-refractivity contribution is 0.395. The summed E-state index contributed by atoms with van der Waals surface area (Å²) >= 11 is 1.62. The summed E-state index contributed by atoms with van der Waals surface area (Å²) in [7, 11) is 3.29. The van der Waals surface area contributed by atoms with E-state index < -0.39 is 0 Å². The van der Waals surface area contributed by atoms with Crippen LogP contribution in [0, 0.1) is 0 Å². The highest BCUT2D eigenvalue weighted by Crippen LogP contribution is 2.33. The Bertz CT molecular complexity index is 792. The van der Waals surface area contributed by atoms with Gasteiger partial charge in [-0.1, -0.05) is 0 Å². The molecule has 0 aliphatic heterocycles. The zero-order valence-corrected chi connectivity index (χ0v) is 13.7. The third-order valence-corrected chi connectivity index (χ3v) is 4.39. The summed E-state index contributed by atoms with van der Waals surface area (Å²) in [6, 6.07) is 5.87. The van der Waals surface area contributed by atoms with Crippen LogP contribution in [0.15, 0.2) is 29.8 Å². The predicted molar refractivity (Wildman–Crippen MR) is 89.0 cm³/mol. The lowest BCUT2D eigenvalue weighted by atomic mass is 10.1. The highest BCUT2D eigenvalue weighted by atomic mass is 32.1. The Morgan fingerprint density at radius 2 is 2.14 bits per heavy atom. The first-order chi connectivity index (χ1) is 10.6. The topological polar surface area (TPSA) is 61.8 Å². The minimum Gasteiger partial charge on any atom is -0.497 e. The van der Waals surface area contributed by atoms with E-state index in [9.17, 15) is 0 Å². The largest absolute Gasteiger partial charge is 0.497 e. The Kier molecular flexibility index (Phi) is 4.04. The van der Waals surface area contributed by atoms with Crippen molar-refractivity contribution in [2.75, 3.05) is 14.2 Å². The number of thiazole rings is 1. The van der Waals surface area contributed by atoms with E-state index in [4.69, 9.17) is 20.2 Å². The summed E-state index contributed by atoms with van der Waals surface area (Å²) in [4.78, 5) is 5.66. The molecule has 3 rings (SSSR count). The maximum atomic E-state index is 5.91. The lowest BCUT2D eigenvalue weighted by Gasteiger charge is -2.08. The van der Waals surface area contributed by atoms with E-state index in [1.807, 2.05) is 31.3 Å². The maximum Gasteiger partial charge on any atom is 0.194 e. The number of imidazole rings is 1. The summed E-state index contributed by atoms with van der Waals surface area (Å²) in [5.41, 5.74) is 8.93. The van der Waals surface area contributed by atoms with E-state index in [0.717, 1.165) is 34.1 Å². The number of ether oxygens (including phenoxy) is 2. The normalized spacial score (nSPS) is 12.5. The number of hydrogen-bond acceptors (Lipinski definition) is 5. The molecule has 2 heterocycles. The van der Waals surface area contributed by atoms with Crippen LogP contribution in [0.25, 0.3) is 16.2 Å². The van der Waals surface area contributed by atoms with Gasteiger partial charge in [0, 0.05) is 41.4 Å². The number of hydrogen-bond donors (Lipinski definition) is 1. The van der Waals surface area contributed by atoms with Crippen molar-refractivity contribution >= 4 is 16.3 Å². The molecule has 0 aliphatic carbocycles. The Morgan fingerprint density at radius 1 is 1.32 bits per heavy atom. The minimum absolute atomic E-state index is 0.124. The molecule has 0 aliphatic rings. The fraction of sp³-hybridized carbons (Fsp3) is 0.312. The standard InChI is InChI=1S/C16H19N3O2S/c1-10(17)6-11-9-22-16-18-14(8-19(11)16)13-5-4-12(20-2)7-15(13)21-3/h4-5,7-10H,6,17H2,1-3H3. The van der Waals surface area contributed by atoms with Crippen LogP contribution in [-0.4, -0.2) is 29.6 Å². The molecule has 0 saturated carbocycles.